The van der Waals surface area contributed by atoms with Crippen LogP contribution >= 0.6 is 11.3 Å². The molecule has 2 nitrogen and oxygen atoms in total. The number of nitrogens with zero attached hydrogens (tertiary/aromatic N) is 2. The van der Waals surface area contributed by atoms with Gasteiger partial charge in [-0.15, -0.1) is 11.3 Å². The standard InChI is InChI=1S/C67H44N2S/c1-67(2)58-24-12-22-55-52-19-5-7-25-60(52)69-65-51(21-11-23-56(65)57-35-36-59(67)64(63(55)58)66(57)69)43-30-27-42(28-31-43)45-15-9-17-48(38-45)68(50-33-34-54-53-20-6-8-26-61(53)70-62(54)40-50)49-18-10-16-46(39-49)47-32-29-41-13-3-4-14-44(41)37-47/h3-40H,1-2H3. The Hall–Kier alpha value is -8.50. The monoisotopic (exact) mass is 908 g/mol. The van der Waals surface area contributed by atoms with Gasteiger partial charge in [-0.1, -0.05) is 190 Å². The van der Waals surface area contributed by atoms with Gasteiger partial charge in [0.1, 0.15) is 0 Å². The van der Waals surface area contributed by atoms with Crippen molar-refractivity contribution in [2.75, 3.05) is 4.90 Å². The topological polar surface area (TPSA) is 8.17 Å². The molecule has 70 heavy (non-hydrogen) atoms. The van der Waals surface area contributed by atoms with E-state index < -0.39 is 0 Å². The maximum absolute atomic E-state index is 2.59. The Morgan fingerprint density at radius 3 is 1.80 bits per heavy atom. The number of hydrogen-bond acceptors (Lipinski definition) is 2. The highest BCUT2D eigenvalue weighted by Crippen LogP contribution is 2.58. The van der Waals surface area contributed by atoms with Gasteiger partial charge in [0.05, 0.1) is 16.7 Å². The van der Waals surface area contributed by atoms with E-state index >= 15 is 0 Å². The smallest absolute Gasteiger partial charge is 0.0623 e. The Morgan fingerprint density at radius 2 is 0.943 bits per heavy atom. The molecular formula is C67H44N2S. The minimum absolute atomic E-state index is 0.0931. The summed E-state index contributed by atoms with van der Waals surface area (Å²) in [4.78, 5) is 2.43. The molecule has 0 saturated heterocycles. The third-order valence-corrected chi connectivity index (χ3v) is 16.6. The molecule has 0 unspecified atom stereocenters. The summed E-state index contributed by atoms with van der Waals surface area (Å²) in [5.41, 5.74) is 22.4. The largest absolute Gasteiger partial charge is 0.310 e. The molecule has 0 N–H and O–H groups in total. The summed E-state index contributed by atoms with van der Waals surface area (Å²) in [6.45, 7) is 4.79. The van der Waals surface area contributed by atoms with Crippen LogP contribution in [-0.2, 0) is 5.41 Å². The summed E-state index contributed by atoms with van der Waals surface area (Å²) in [6.07, 6.45) is 0. The number of thiophene rings is 1. The first-order valence-electron chi connectivity index (χ1n) is 24.3. The number of rotatable bonds is 6. The van der Waals surface area contributed by atoms with E-state index in [9.17, 15) is 0 Å². The van der Waals surface area contributed by atoms with Crippen molar-refractivity contribution in [1.82, 2.24) is 4.57 Å². The number of aromatic nitrogens is 1. The number of fused-ring (bicyclic) bond motifs is 10. The molecule has 1 aliphatic carbocycles. The van der Waals surface area contributed by atoms with Crippen LogP contribution in [0.1, 0.15) is 25.0 Å². The normalized spacial score (nSPS) is 13.1. The van der Waals surface area contributed by atoms with Crippen LogP contribution in [0.3, 0.4) is 0 Å². The lowest BCUT2D eigenvalue weighted by Gasteiger charge is -2.26. The van der Waals surface area contributed by atoms with Crippen molar-refractivity contribution >= 4 is 81.1 Å². The van der Waals surface area contributed by atoms with E-state index in [-0.39, 0.29) is 5.41 Å². The Kier molecular flexibility index (Phi) is 8.32. The average Bonchev–Trinajstić information content (AvgIpc) is 4.01. The van der Waals surface area contributed by atoms with E-state index in [1.54, 1.807) is 0 Å². The lowest BCUT2D eigenvalue weighted by Crippen LogP contribution is -2.15. The maximum Gasteiger partial charge on any atom is 0.0623 e. The molecule has 11 aromatic carbocycles. The Morgan fingerprint density at radius 1 is 0.357 bits per heavy atom. The molecule has 0 radical (unpaired) electrons. The maximum atomic E-state index is 2.59. The molecule has 0 bridgehead atoms. The Balaban J connectivity index is 0.863. The van der Waals surface area contributed by atoms with Crippen LogP contribution in [0, 0.1) is 0 Å². The zero-order chi connectivity index (χ0) is 46.2. The van der Waals surface area contributed by atoms with Crippen molar-refractivity contribution in [3.05, 3.63) is 242 Å². The van der Waals surface area contributed by atoms with Crippen LogP contribution in [0.15, 0.2) is 231 Å². The van der Waals surface area contributed by atoms with Crippen LogP contribution in [-0.4, -0.2) is 4.57 Å². The van der Waals surface area contributed by atoms with Crippen LogP contribution in [0.4, 0.5) is 17.1 Å². The molecule has 2 aromatic heterocycles. The summed E-state index contributed by atoms with van der Waals surface area (Å²) in [5, 5.41) is 7.68. The van der Waals surface area contributed by atoms with Crippen molar-refractivity contribution in [3.8, 4) is 61.3 Å². The summed E-state index contributed by atoms with van der Waals surface area (Å²) in [6, 6.07) is 86.1. The fourth-order valence-corrected chi connectivity index (χ4v) is 13.3. The summed E-state index contributed by atoms with van der Waals surface area (Å²) in [5.74, 6) is 0. The summed E-state index contributed by atoms with van der Waals surface area (Å²) >= 11 is 1.86. The molecule has 13 aromatic rings. The second kappa shape index (κ2) is 14.8. The van der Waals surface area contributed by atoms with Crippen molar-refractivity contribution in [2.24, 2.45) is 0 Å². The minimum Gasteiger partial charge on any atom is -0.310 e. The van der Waals surface area contributed by atoms with E-state index in [1.165, 1.54) is 125 Å². The minimum atomic E-state index is -0.0931. The number of benzene rings is 11. The average molecular weight is 909 g/mol. The number of hydrogen-bond donors (Lipinski definition) is 0. The highest BCUT2D eigenvalue weighted by atomic mass is 32.1. The zero-order valence-electron chi connectivity index (χ0n) is 38.7. The predicted molar refractivity (Wildman–Crippen MR) is 299 cm³/mol. The zero-order valence-corrected chi connectivity index (χ0v) is 39.6. The van der Waals surface area contributed by atoms with Gasteiger partial charge in [-0.3, -0.25) is 0 Å². The first-order chi connectivity index (χ1) is 34.5. The van der Waals surface area contributed by atoms with Crippen LogP contribution in [0.5, 0.6) is 0 Å². The summed E-state index contributed by atoms with van der Waals surface area (Å²) < 4.78 is 5.18. The highest BCUT2D eigenvalue weighted by molar-refractivity contribution is 7.25. The van der Waals surface area contributed by atoms with Gasteiger partial charge in [-0.2, -0.15) is 0 Å². The molecule has 0 amide bonds. The van der Waals surface area contributed by atoms with Gasteiger partial charge < -0.3 is 9.47 Å². The Bertz CT molecular complexity index is 4340. The summed E-state index contributed by atoms with van der Waals surface area (Å²) in [7, 11) is 0. The van der Waals surface area contributed by atoms with E-state index in [0.29, 0.717) is 0 Å². The molecule has 3 heterocycles. The van der Waals surface area contributed by atoms with Crippen molar-refractivity contribution in [1.29, 1.82) is 0 Å². The molecule has 328 valence electrons. The lowest BCUT2D eigenvalue weighted by atomic mass is 9.81. The molecule has 0 atom stereocenters. The van der Waals surface area contributed by atoms with Crippen LogP contribution in [0.2, 0.25) is 0 Å². The SMILES string of the molecule is CC1(C)c2cccc3c2-c2c1ccc1c4cccc(-c5ccc(-c6cccc(N(c7cccc(-c8ccc9ccccc9c8)c7)c7ccc8c(c7)sc7ccccc78)c6)cc5)c4n(c21)-c1ccccc1-3. The molecule has 0 spiro atoms. The quantitative estimate of drug-likeness (QED) is 0.161. The molecule has 3 heteroatoms. The van der Waals surface area contributed by atoms with Crippen molar-refractivity contribution < 1.29 is 0 Å². The van der Waals surface area contributed by atoms with E-state index in [1.807, 2.05) is 11.3 Å². The van der Waals surface area contributed by atoms with Crippen molar-refractivity contribution in [2.45, 2.75) is 19.3 Å². The molecule has 0 fully saturated rings. The van der Waals surface area contributed by atoms with Gasteiger partial charge in [0.25, 0.3) is 0 Å². The first kappa shape index (κ1) is 39.5. The van der Waals surface area contributed by atoms with E-state index in [2.05, 4.69) is 254 Å². The highest BCUT2D eigenvalue weighted by Gasteiger charge is 2.41. The molecule has 2 aliphatic rings. The Labute approximate surface area is 410 Å². The molecule has 15 rings (SSSR count). The number of anilines is 3. The van der Waals surface area contributed by atoms with Crippen LogP contribution in [0.25, 0.3) is 114 Å². The number of para-hydroxylation sites is 2. The van der Waals surface area contributed by atoms with Gasteiger partial charge in [0.15, 0.2) is 0 Å². The molecule has 0 saturated carbocycles. The second-order valence-electron chi connectivity index (χ2n) is 19.6. The second-order valence-corrected chi connectivity index (χ2v) is 20.7. The predicted octanol–water partition coefficient (Wildman–Crippen LogP) is 19.1. The lowest BCUT2D eigenvalue weighted by molar-refractivity contribution is 0.661. The third kappa shape index (κ3) is 5.67. The fourth-order valence-electron chi connectivity index (χ4n) is 12.2. The fraction of sp³-hybridized carbons (Fsp3) is 0.0448. The third-order valence-electron chi connectivity index (χ3n) is 15.5. The van der Waals surface area contributed by atoms with Gasteiger partial charge >= 0.3 is 0 Å². The van der Waals surface area contributed by atoms with Gasteiger partial charge in [-0.05, 0) is 115 Å². The van der Waals surface area contributed by atoms with Gasteiger partial charge in [-0.25, -0.2) is 0 Å². The van der Waals surface area contributed by atoms with Crippen LogP contribution < -0.4 is 4.90 Å². The van der Waals surface area contributed by atoms with E-state index in [0.717, 1.165) is 17.1 Å². The van der Waals surface area contributed by atoms with Gasteiger partial charge in [0.2, 0.25) is 0 Å². The van der Waals surface area contributed by atoms with Gasteiger partial charge in [0, 0.05) is 70.1 Å². The molecule has 1 aliphatic heterocycles. The molecular weight excluding hydrogens is 865 g/mol. The first-order valence-corrected chi connectivity index (χ1v) is 25.1. The van der Waals surface area contributed by atoms with E-state index in [4.69, 9.17) is 0 Å². The van der Waals surface area contributed by atoms with Crippen molar-refractivity contribution in [3.63, 3.8) is 0 Å².